The summed E-state index contributed by atoms with van der Waals surface area (Å²) in [6, 6.07) is 0. The molecule has 0 saturated heterocycles. The molecule has 0 atom stereocenters. The van der Waals surface area contributed by atoms with E-state index in [0.29, 0.717) is 19.5 Å². The van der Waals surface area contributed by atoms with Crippen LogP contribution in [0.5, 0.6) is 0 Å². The van der Waals surface area contributed by atoms with Crippen molar-refractivity contribution >= 4 is 12.4 Å². The molecule has 0 unspecified atom stereocenters. The fourth-order valence-corrected chi connectivity index (χ4v) is 0.328. The number of nitrogens with two attached hydrogens (primary N) is 1. The molecule has 5 nitrogen and oxygen atoms in total. The highest BCUT2D eigenvalue weighted by atomic mass is 16.1. The summed E-state index contributed by atoms with van der Waals surface area (Å²) in [6.07, 6.45) is 0.599. The van der Waals surface area contributed by atoms with Gasteiger partial charge in [-0.05, 0) is 0 Å². The highest BCUT2D eigenvalue weighted by molar-refractivity contribution is 5.74. The Balaban J connectivity index is 2.91. The van der Waals surface area contributed by atoms with Gasteiger partial charge in [-0.25, -0.2) is 0 Å². The largest absolute Gasteiger partial charge is 0.370 e. The molecule has 0 radical (unpaired) electrons. The van der Waals surface area contributed by atoms with Crippen LogP contribution in [0.3, 0.4) is 0 Å². The van der Waals surface area contributed by atoms with E-state index in [1.54, 1.807) is 0 Å². The average molecular weight is 130 g/mol. The number of rotatable bonds is 4. The molecule has 0 aromatic rings. The molecule has 0 aliphatic heterocycles. The van der Waals surface area contributed by atoms with Gasteiger partial charge in [0.05, 0.1) is 0 Å². The predicted molar refractivity (Wildman–Crippen MR) is 34.0 cm³/mol. The average Bonchev–Trinajstić information content (AvgIpc) is 1.80. The second-order valence-corrected chi connectivity index (χ2v) is 1.41. The van der Waals surface area contributed by atoms with E-state index in [1.807, 2.05) is 0 Å². The lowest BCUT2D eigenvalue weighted by Crippen LogP contribution is -2.35. The molecule has 0 rings (SSSR count). The molecule has 0 aromatic heterocycles. The first-order chi connectivity index (χ1) is 4.27. The van der Waals surface area contributed by atoms with E-state index >= 15 is 0 Å². The first-order valence-corrected chi connectivity index (χ1v) is 2.52. The molecule has 0 aromatic carbocycles. The lowest BCUT2D eigenvalue weighted by atomic mass is 10.6. The second kappa shape index (κ2) is 4.89. The van der Waals surface area contributed by atoms with Crippen LogP contribution in [0.2, 0.25) is 0 Å². The van der Waals surface area contributed by atoms with Crippen LogP contribution in [0.4, 0.5) is 0 Å². The van der Waals surface area contributed by atoms with Crippen molar-refractivity contribution < 1.29 is 4.79 Å². The minimum absolute atomic E-state index is 0.0808. The summed E-state index contributed by atoms with van der Waals surface area (Å²) >= 11 is 0. The number of amides is 1. The van der Waals surface area contributed by atoms with Crippen LogP contribution in [-0.4, -0.2) is 25.5 Å². The van der Waals surface area contributed by atoms with Crippen LogP contribution in [0.1, 0.15) is 0 Å². The van der Waals surface area contributed by atoms with Gasteiger partial charge in [0.1, 0.15) is 0 Å². The van der Waals surface area contributed by atoms with Crippen molar-refractivity contribution in [1.82, 2.24) is 10.6 Å². The first-order valence-electron chi connectivity index (χ1n) is 2.52. The summed E-state index contributed by atoms with van der Waals surface area (Å²) < 4.78 is 0. The van der Waals surface area contributed by atoms with Gasteiger partial charge in [0.15, 0.2) is 5.96 Å². The number of hydrogen-bond acceptors (Lipinski definition) is 2. The summed E-state index contributed by atoms with van der Waals surface area (Å²) in [7, 11) is 0. The Labute approximate surface area is 53.1 Å². The third-order valence-corrected chi connectivity index (χ3v) is 0.668. The highest BCUT2D eigenvalue weighted by Gasteiger charge is 1.83. The molecule has 1 amide bonds. The molecular formula is C4H10N4O. The highest BCUT2D eigenvalue weighted by Crippen LogP contribution is 1.52. The molecule has 5 N–H and O–H groups in total. The van der Waals surface area contributed by atoms with Gasteiger partial charge >= 0.3 is 0 Å². The number of hydrogen-bond donors (Lipinski definition) is 4. The smallest absolute Gasteiger partial charge is 0.207 e. The van der Waals surface area contributed by atoms with Crippen molar-refractivity contribution in [3.05, 3.63) is 0 Å². The van der Waals surface area contributed by atoms with Crippen LogP contribution in [-0.2, 0) is 4.79 Å². The first kappa shape index (κ1) is 7.74. The third-order valence-electron chi connectivity index (χ3n) is 0.668. The summed E-state index contributed by atoms with van der Waals surface area (Å²) in [6.45, 7) is 0.983. The van der Waals surface area contributed by atoms with E-state index in [0.717, 1.165) is 0 Å². The Bertz CT molecular complexity index is 103. The Morgan fingerprint density at radius 1 is 1.67 bits per heavy atom. The Kier molecular flexibility index (Phi) is 4.20. The molecule has 0 fully saturated rings. The van der Waals surface area contributed by atoms with Crippen molar-refractivity contribution in [3.63, 3.8) is 0 Å². The standard InChI is InChI=1S/C4H10N4O/c5-4(6)8-2-1-7-3-9/h3H,1-2H2,(H,7,9)(H4,5,6,8). The molecule has 0 aliphatic carbocycles. The molecule has 9 heavy (non-hydrogen) atoms. The van der Waals surface area contributed by atoms with E-state index in [9.17, 15) is 4.79 Å². The normalized spacial score (nSPS) is 8.00. The lowest BCUT2D eigenvalue weighted by Gasteiger charge is -2.00. The quantitative estimate of drug-likeness (QED) is 0.157. The number of nitrogens with one attached hydrogen (secondary N) is 3. The van der Waals surface area contributed by atoms with E-state index in [4.69, 9.17) is 11.1 Å². The van der Waals surface area contributed by atoms with Crippen LogP contribution in [0, 0.1) is 5.41 Å². The molecule has 5 heteroatoms. The van der Waals surface area contributed by atoms with Gasteiger partial charge < -0.3 is 16.4 Å². The minimum Gasteiger partial charge on any atom is -0.370 e. The fraction of sp³-hybridized carbons (Fsp3) is 0.500. The second-order valence-electron chi connectivity index (χ2n) is 1.41. The maximum absolute atomic E-state index is 9.63. The molecule has 0 spiro atoms. The van der Waals surface area contributed by atoms with Crippen LogP contribution in [0.25, 0.3) is 0 Å². The summed E-state index contributed by atoms with van der Waals surface area (Å²) in [5.41, 5.74) is 4.93. The molecule has 52 valence electrons. The zero-order valence-electron chi connectivity index (χ0n) is 4.98. The molecule has 0 bridgehead atoms. The summed E-state index contributed by atoms with van der Waals surface area (Å²) in [5, 5.41) is 11.6. The molecule has 0 aliphatic rings. The van der Waals surface area contributed by atoms with Crippen molar-refractivity contribution in [2.24, 2.45) is 5.73 Å². The van der Waals surface area contributed by atoms with Gasteiger partial charge in [-0.2, -0.15) is 0 Å². The maximum atomic E-state index is 9.63. The monoisotopic (exact) mass is 130 g/mol. The van der Waals surface area contributed by atoms with E-state index < -0.39 is 0 Å². The van der Waals surface area contributed by atoms with Gasteiger partial charge in [-0.15, -0.1) is 0 Å². The van der Waals surface area contributed by atoms with Crippen molar-refractivity contribution in [3.8, 4) is 0 Å². The van der Waals surface area contributed by atoms with E-state index in [-0.39, 0.29) is 5.96 Å². The van der Waals surface area contributed by atoms with Gasteiger partial charge in [0, 0.05) is 13.1 Å². The fourth-order valence-electron chi connectivity index (χ4n) is 0.328. The molecule has 0 heterocycles. The maximum Gasteiger partial charge on any atom is 0.207 e. The zero-order valence-corrected chi connectivity index (χ0v) is 4.98. The van der Waals surface area contributed by atoms with Gasteiger partial charge in [-0.3, -0.25) is 10.2 Å². The SMILES string of the molecule is N=C(N)NCCNC=O. The molecule has 0 saturated carbocycles. The van der Waals surface area contributed by atoms with E-state index in [2.05, 4.69) is 10.6 Å². The summed E-state index contributed by atoms with van der Waals surface area (Å²) in [4.78, 5) is 9.63. The number of guanidine groups is 1. The number of carbonyl (C=O) groups excluding carboxylic acids is 1. The summed E-state index contributed by atoms with van der Waals surface area (Å²) in [5.74, 6) is -0.0808. The molecular weight excluding hydrogens is 120 g/mol. The Morgan fingerprint density at radius 3 is 2.78 bits per heavy atom. The van der Waals surface area contributed by atoms with Crippen LogP contribution < -0.4 is 16.4 Å². The van der Waals surface area contributed by atoms with Crippen molar-refractivity contribution in [1.29, 1.82) is 5.41 Å². The predicted octanol–water partition coefficient (Wildman–Crippen LogP) is -1.78. The minimum atomic E-state index is -0.0808. The Morgan fingerprint density at radius 2 is 2.33 bits per heavy atom. The van der Waals surface area contributed by atoms with E-state index in [1.165, 1.54) is 0 Å². The van der Waals surface area contributed by atoms with Gasteiger partial charge in [0.25, 0.3) is 0 Å². The van der Waals surface area contributed by atoms with Crippen molar-refractivity contribution in [2.75, 3.05) is 13.1 Å². The topological polar surface area (TPSA) is 91.0 Å². The Hall–Kier alpha value is -1.26. The lowest BCUT2D eigenvalue weighted by molar-refractivity contribution is -0.109. The van der Waals surface area contributed by atoms with Gasteiger partial charge in [-0.1, -0.05) is 0 Å². The van der Waals surface area contributed by atoms with Gasteiger partial charge in [0.2, 0.25) is 6.41 Å². The number of carbonyl (C=O) groups is 1. The van der Waals surface area contributed by atoms with Crippen molar-refractivity contribution in [2.45, 2.75) is 0 Å². The van der Waals surface area contributed by atoms with Crippen LogP contribution in [0.15, 0.2) is 0 Å². The third kappa shape index (κ3) is 6.74. The zero-order chi connectivity index (χ0) is 7.11. The van der Waals surface area contributed by atoms with Crippen LogP contribution >= 0.6 is 0 Å².